The van der Waals surface area contributed by atoms with Gasteiger partial charge in [0.05, 0.1) is 0 Å². The molecule has 2 N–H and O–H groups in total. The van der Waals surface area contributed by atoms with Gasteiger partial charge < -0.3 is 0 Å². The Hall–Kier alpha value is -0.130. The van der Waals surface area contributed by atoms with E-state index in [4.69, 9.17) is 4.55 Å². The fourth-order valence-corrected chi connectivity index (χ4v) is 0.816. The first-order valence-corrected chi connectivity index (χ1v) is 4.21. The molecular formula is C4H11NO3S. The van der Waals surface area contributed by atoms with Crippen LogP contribution in [0.2, 0.25) is 0 Å². The van der Waals surface area contributed by atoms with Crippen molar-refractivity contribution in [2.24, 2.45) is 0 Å². The number of rotatable bonds is 3. The Labute approximate surface area is 55.0 Å². The highest BCUT2D eigenvalue weighted by Crippen LogP contribution is 1.80. The van der Waals surface area contributed by atoms with Crippen molar-refractivity contribution < 1.29 is 13.0 Å². The normalized spacial score (nSPS) is 12.4. The Morgan fingerprint density at radius 1 is 1.56 bits per heavy atom. The zero-order valence-electron chi connectivity index (χ0n) is 5.46. The molecule has 4 nitrogen and oxygen atoms in total. The van der Waals surface area contributed by atoms with Crippen molar-refractivity contribution in [3.05, 3.63) is 0 Å². The van der Waals surface area contributed by atoms with E-state index in [0.717, 1.165) is 0 Å². The zero-order valence-corrected chi connectivity index (χ0v) is 6.27. The van der Waals surface area contributed by atoms with Crippen LogP contribution in [-0.4, -0.2) is 24.9 Å². The van der Waals surface area contributed by atoms with Crippen LogP contribution in [0, 0.1) is 0 Å². The number of hydrogen-bond acceptors (Lipinski definition) is 3. The largest absolute Gasteiger partial charge is 0.299 e. The Kier molecular flexibility index (Phi) is 3.10. The van der Waals surface area contributed by atoms with E-state index in [2.05, 4.69) is 5.32 Å². The molecule has 0 aromatic heterocycles. The highest BCUT2D eigenvalue weighted by Gasteiger charge is 2.02. The van der Waals surface area contributed by atoms with Gasteiger partial charge in [0.1, 0.15) is 5.88 Å². The molecule has 0 aliphatic heterocycles. The molecule has 0 spiro atoms. The van der Waals surface area contributed by atoms with E-state index in [1.54, 1.807) is 13.8 Å². The molecule has 5 heteroatoms. The van der Waals surface area contributed by atoms with Gasteiger partial charge >= 0.3 is 0 Å². The van der Waals surface area contributed by atoms with Gasteiger partial charge in [0.2, 0.25) is 0 Å². The summed E-state index contributed by atoms with van der Waals surface area (Å²) in [5, 5.41) is 2.55. The molecule has 0 radical (unpaired) electrons. The van der Waals surface area contributed by atoms with Gasteiger partial charge in [0.25, 0.3) is 10.1 Å². The van der Waals surface area contributed by atoms with Crippen LogP contribution in [0.3, 0.4) is 0 Å². The minimum Gasteiger partial charge on any atom is -0.299 e. The molecule has 0 heterocycles. The Bertz CT molecular complexity index is 161. The van der Waals surface area contributed by atoms with E-state index in [1.807, 2.05) is 0 Å². The third kappa shape index (κ3) is 7.87. The third-order valence-electron chi connectivity index (χ3n) is 0.674. The molecule has 0 aliphatic rings. The fraction of sp³-hybridized carbons (Fsp3) is 1.00. The summed E-state index contributed by atoms with van der Waals surface area (Å²) in [6.07, 6.45) is 0. The molecule has 0 saturated carbocycles. The van der Waals surface area contributed by atoms with Gasteiger partial charge in [-0.05, 0) is 13.8 Å². The smallest absolute Gasteiger partial charge is 0.278 e. The van der Waals surface area contributed by atoms with Gasteiger partial charge in [0, 0.05) is 6.04 Å². The van der Waals surface area contributed by atoms with Gasteiger partial charge in [-0.1, -0.05) is 0 Å². The SMILES string of the molecule is CC(C)NCS(=O)(=O)O. The fourth-order valence-electron chi connectivity index (χ4n) is 0.272. The second-order valence-corrected chi connectivity index (χ2v) is 3.54. The first-order chi connectivity index (χ1) is 3.92. The molecule has 0 amide bonds. The predicted molar refractivity (Wildman–Crippen MR) is 34.7 cm³/mol. The van der Waals surface area contributed by atoms with Gasteiger partial charge in [-0.3, -0.25) is 9.87 Å². The lowest BCUT2D eigenvalue weighted by atomic mass is 10.4. The maximum Gasteiger partial charge on any atom is 0.278 e. The molecule has 0 atom stereocenters. The van der Waals surface area contributed by atoms with Crippen LogP contribution in [-0.2, 0) is 10.1 Å². The van der Waals surface area contributed by atoms with Crippen LogP contribution in [0.25, 0.3) is 0 Å². The standard InChI is InChI=1S/C4H11NO3S/c1-4(2)5-3-9(6,7)8/h4-5H,3H2,1-2H3,(H,6,7,8). The van der Waals surface area contributed by atoms with E-state index < -0.39 is 10.1 Å². The second-order valence-electron chi connectivity index (χ2n) is 2.09. The molecule has 9 heavy (non-hydrogen) atoms. The summed E-state index contributed by atoms with van der Waals surface area (Å²) in [6.45, 7) is 3.59. The number of hydrogen-bond donors (Lipinski definition) is 2. The van der Waals surface area contributed by atoms with Crippen LogP contribution in [0.5, 0.6) is 0 Å². The van der Waals surface area contributed by atoms with Crippen molar-refractivity contribution in [3.63, 3.8) is 0 Å². The molecule has 56 valence electrons. The second kappa shape index (κ2) is 3.14. The maximum absolute atomic E-state index is 10.0. The van der Waals surface area contributed by atoms with Gasteiger partial charge in [-0.2, -0.15) is 8.42 Å². The predicted octanol–water partition coefficient (Wildman–Crippen LogP) is -0.170. The van der Waals surface area contributed by atoms with Gasteiger partial charge in [0.15, 0.2) is 0 Å². The van der Waals surface area contributed by atoms with Crippen molar-refractivity contribution in [1.82, 2.24) is 5.32 Å². The summed E-state index contributed by atoms with van der Waals surface area (Å²) < 4.78 is 28.2. The van der Waals surface area contributed by atoms with Crippen LogP contribution >= 0.6 is 0 Å². The number of nitrogens with one attached hydrogen (secondary N) is 1. The molecule has 0 bridgehead atoms. The maximum atomic E-state index is 10.0. The first kappa shape index (κ1) is 8.87. The van der Waals surface area contributed by atoms with Crippen molar-refractivity contribution in [1.29, 1.82) is 0 Å². The monoisotopic (exact) mass is 153 g/mol. The Balaban J connectivity index is 3.53. The molecule has 0 aliphatic carbocycles. The summed E-state index contributed by atoms with van der Waals surface area (Å²) in [5.41, 5.74) is 0. The van der Waals surface area contributed by atoms with E-state index >= 15 is 0 Å². The summed E-state index contributed by atoms with van der Waals surface area (Å²) >= 11 is 0. The van der Waals surface area contributed by atoms with E-state index in [1.165, 1.54) is 0 Å². The molecule has 0 rings (SSSR count). The topological polar surface area (TPSA) is 66.4 Å². The molecule has 0 aromatic carbocycles. The van der Waals surface area contributed by atoms with E-state index in [-0.39, 0.29) is 11.9 Å². The molecule has 0 fully saturated rings. The lowest BCUT2D eigenvalue weighted by Gasteiger charge is -2.03. The van der Waals surface area contributed by atoms with Gasteiger partial charge in [-0.15, -0.1) is 0 Å². The Morgan fingerprint density at radius 2 is 2.00 bits per heavy atom. The average molecular weight is 153 g/mol. The van der Waals surface area contributed by atoms with Crippen molar-refractivity contribution >= 4 is 10.1 Å². The van der Waals surface area contributed by atoms with Crippen LogP contribution in [0.1, 0.15) is 13.8 Å². The van der Waals surface area contributed by atoms with Gasteiger partial charge in [-0.25, -0.2) is 0 Å². The summed E-state index contributed by atoms with van der Waals surface area (Å²) in [4.78, 5) is 0. The van der Waals surface area contributed by atoms with E-state index in [0.29, 0.717) is 0 Å². The lowest BCUT2D eigenvalue weighted by Crippen LogP contribution is -2.28. The lowest BCUT2D eigenvalue weighted by molar-refractivity contribution is 0.471. The quantitative estimate of drug-likeness (QED) is 0.552. The average Bonchev–Trinajstić information content (AvgIpc) is 1.59. The van der Waals surface area contributed by atoms with Crippen LogP contribution in [0.15, 0.2) is 0 Å². The molecule has 0 saturated heterocycles. The summed E-state index contributed by atoms with van der Waals surface area (Å²) in [7, 11) is -3.83. The van der Waals surface area contributed by atoms with Crippen LogP contribution in [0.4, 0.5) is 0 Å². The first-order valence-electron chi connectivity index (χ1n) is 2.60. The highest BCUT2D eigenvalue weighted by atomic mass is 32.2. The zero-order chi connectivity index (χ0) is 7.49. The van der Waals surface area contributed by atoms with Crippen molar-refractivity contribution in [2.45, 2.75) is 19.9 Å². The van der Waals surface area contributed by atoms with Crippen molar-refractivity contribution in [2.75, 3.05) is 5.88 Å². The minimum atomic E-state index is -3.83. The molecule has 0 unspecified atom stereocenters. The molecular weight excluding hydrogens is 142 g/mol. The van der Waals surface area contributed by atoms with E-state index in [9.17, 15) is 8.42 Å². The van der Waals surface area contributed by atoms with Crippen molar-refractivity contribution in [3.8, 4) is 0 Å². The van der Waals surface area contributed by atoms with Crippen LogP contribution < -0.4 is 5.32 Å². The third-order valence-corrected chi connectivity index (χ3v) is 1.21. The minimum absolute atomic E-state index is 0.0759. The summed E-state index contributed by atoms with van der Waals surface area (Å²) in [5.74, 6) is -0.370. The highest BCUT2D eigenvalue weighted by molar-refractivity contribution is 7.85. The molecule has 0 aromatic rings. The summed E-state index contributed by atoms with van der Waals surface area (Å²) in [6, 6.07) is 0.0759. The Morgan fingerprint density at radius 3 is 2.11 bits per heavy atom.